The molecular weight excluding hydrogens is 298 g/mol. The maximum atomic E-state index is 12.3. The Balaban J connectivity index is 1.54. The van der Waals surface area contributed by atoms with Crippen LogP contribution in [0, 0.1) is 6.92 Å². The molecular formula is C21H23NO2. The summed E-state index contributed by atoms with van der Waals surface area (Å²) in [5, 5.41) is 4.10. The lowest BCUT2D eigenvalue weighted by molar-refractivity contribution is -0.121. The second-order valence-electron chi connectivity index (χ2n) is 6.43. The number of nitrogens with one attached hydrogen (secondary N) is 1. The summed E-state index contributed by atoms with van der Waals surface area (Å²) >= 11 is 0. The molecule has 1 N–H and O–H groups in total. The van der Waals surface area contributed by atoms with E-state index in [1.54, 1.807) is 6.26 Å². The molecule has 0 saturated carbocycles. The molecule has 0 spiro atoms. The maximum Gasteiger partial charge on any atom is 0.224 e. The second kappa shape index (κ2) is 7.35. The van der Waals surface area contributed by atoms with Gasteiger partial charge in [-0.3, -0.25) is 4.79 Å². The first-order chi connectivity index (χ1) is 11.6. The van der Waals surface area contributed by atoms with Gasteiger partial charge in [-0.2, -0.15) is 0 Å². The molecule has 124 valence electrons. The Morgan fingerprint density at radius 3 is 2.75 bits per heavy atom. The van der Waals surface area contributed by atoms with Gasteiger partial charge in [0, 0.05) is 17.0 Å². The normalized spacial score (nSPS) is 12.2. The Bertz CT molecular complexity index is 820. The van der Waals surface area contributed by atoms with E-state index in [1.807, 2.05) is 43.3 Å². The highest BCUT2D eigenvalue weighted by atomic mass is 16.3. The van der Waals surface area contributed by atoms with Gasteiger partial charge in [0.15, 0.2) is 0 Å². The zero-order chi connectivity index (χ0) is 16.9. The second-order valence-corrected chi connectivity index (χ2v) is 6.43. The van der Waals surface area contributed by atoms with Crippen molar-refractivity contribution in [3.05, 3.63) is 71.5 Å². The van der Waals surface area contributed by atoms with Gasteiger partial charge in [-0.25, -0.2) is 0 Å². The SMILES string of the molecule is Cc1ccc2c(CC(=O)N[C@H](C)CCc3ccccc3)coc2c1. The summed E-state index contributed by atoms with van der Waals surface area (Å²) in [6, 6.07) is 16.6. The predicted molar refractivity (Wildman–Crippen MR) is 97.0 cm³/mol. The summed E-state index contributed by atoms with van der Waals surface area (Å²) in [4.78, 5) is 12.3. The molecule has 24 heavy (non-hydrogen) atoms. The minimum Gasteiger partial charge on any atom is -0.464 e. The van der Waals surface area contributed by atoms with Gasteiger partial charge < -0.3 is 9.73 Å². The van der Waals surface area contributed by atoms with Crippen LogP contribution in [0.1, 0.15) is 30.0 Å². The summed E-state index contributed by atoms with van der Waals surface area (Å²) in [5.74, 6) is 0.0406. The first-order valence-electron chi connectivity index (χ1n) is 8.42. The molecule has 1 aromatic heterocycles. The van der Waals surface area contributed by atoms with Crippen LogP contribution in [-0.4, -0.2) is 11.9 Å². The maximum absolute atomic E-state index is 12.3. The number of hydrogen-bond acceptors (Lipinski definition) is 2. The number of hydrogen-bond donors (Lipinski definition) is 1. The molecule has 0 bridgehead atoms. The van der Waals surface area contributed by atoms with Crippen LogP contribution < -0.4 is 5.32 Å². The fourth-order valence-corrected chi connectivity index (χ4v) is 2.93. The summed E-state index contributed by atoms with van der Waals surface area (Å²) in [7, 11) is 0. The molecule has 3 aromatic rings. The Kier molecular flexibility index (Phi) is 4.99. The number of amides is 1. The van der Waals surface area contributed by atoms with Crippen LogP contribution in [0.5, 0.6) is 0 Å². The van der Waals surface area contributed by atoms with Crippen molar-refractivity contribution in [1.29, 1.82) is 0 Å². The number of furan rings is 1. The molecule has 0 aliphatic carbocycles. The zero-order valence-electron chi connectivity index (χ0n) is 14.2. The van der Waals surface area contributed by atoms with Gasteiger partial charge in [0.1, 0.15) is 5.58 Å². The summed E-state index contributed by atoms with van der Waals surface area (Å²) in [6.07, 6.45) is 3.95. The summed E-state index contributed by atoms with van der Waals surface area (Å²) < 4.78 is 5.56. The lowest BCUT2D eigenvalue weighted by atomic mass is 10.1. The molecule has 1 amide bonds. The predicted octanol–water partition coefficient (Wildman–Crippen LogP) is 4.42. The van der Waals surface area contributed by atoms with E-state index >= 15 is 0 Å². The van der Waals surface area contributed by atoms with Crippen molar-refractivity contribution in [2.75, 3.05) is 0 Å². The largest absolute Gasteiger partial charge is 0.464 e. The monoisotopic (exact) mass is 321 g/mol. The summed E-state index contributed by atoms with van der Waals surface area (Å²) in [6.45, 7) is 4.08. The van der Waals surface area contributed by atoms with E-state index in [0.29, 0.717) is 6.42 Å². The van der Waals surface area contributed by atoms with Crippen LogP contribution in [0.2, 0.25) is 0 Å². The van der Waals surface area contributed by atoms with Crippen LogP contribution in [0.4, 0.5) is 0 Å². The number of fused-ring (bicyclic) bond motifs is 1. The van der Waals surface area contributed by atoms with E-state index < -0.39 is 0 Å². The first kappa shape index (κ1) is 16.3. The Hall–Kier alpha value is -2.55. The van der Waals surface area contributed by atoms with Crippen molar-refractivity contribution in [3.63, 3.8) is 0 Å². The number of benzene rings is 2. The molecule has 1 atom stereocenters. The molecule has 3 rings (SSSR count). The van der Waals surface area contributed by atoms with Gasteiger partial charge in [0.2, 0.25) is 5.91 Å². The molecule has 2 aromatic carbocycles. The quantitative estimate of drug-likeness (QED) is 0.730. The van der Waals surface area contributed by atoms with E-state index in [2.05, 4.69) is 24.4 Å². The average molecular weight is 321 g/mol. The minimum atomic E-state index is 0.0406. The van der Waals surface area contributed by atoms with Gasteiger partial charge in [-0.1, -0.05) is 42.5 Å². The zero-order valence-corrected chi connectivity index (χ0v) is 14.2. The molecule has 3 nitrogen and oxygen atoms in total. The van der Waals surface area contributed by atoms with Crippen LogP contribution in [0.3, 0.4) is 0 Å². The van der Waals surface area contributed by atoms with E-state index in [4.69, 9.17) is 4.42 Å². The van der Waals surface area contributed by atoms with Gasteiger partial charge in [0.25, 0.3) is 0 Å². The first-order valence-corrected chi connectivity index (χ1v) is 8.42. The number of carbonyl (C=O) groups excluding carboxylic acids is 1. The molecule has 0 saturated heterocycles. The highest BCUT2D eigenvalue weighted by Crippen LogP contribution is 2.22. The number of carbonyl (C=O) groups is 1. The van der Waals surface area contributed by atoms with E-state index in [1.165, 1.54) is 5.56 Å². The van der Waals surface area contributed by atoms with Gasteiger partial charge in [0.05, 0.1) is 12.7 Å². The van der Waals surface area contributed by atoms with Crippen LogP contribution in [-0.2, 0) is 17.6 Å². The average Bonchev–Trinajstić information content (AvgIpc) is 2.95. The lowest BCUT2D eigenvalue weighted by Crippen LogP contribution is -2.33. The van der Waals surface area contributed by atoms with Crippen LogP contribution in [0.25, 0.3) is 11.0 Å². The van der Waals surface area contributed by atoms with Crippen LogP contribution >= 0.6 is 0 Å². The fraction of sp³-hybridized carbons (Fsp3) is 0.286. The van der Waals surface area contributed by atoms with Crippen molar-refractivity contribution >= 4 is 16.9 Å². The molecule has 0 radical (unpaired) electrons. The van der Waals surface area contributed by atoms with Crippen molar-refractivity contribution in [3.8, 4) is 0 Å². The third-order valence-electron chi connectivity index (χ3n) is 4.28. The van der Waals surface area contributed by atoms with Gasteiger partial charge in [-0.15, -0.1) is 0 Å². The highest BCUT2D eigenvalue weighted by molar-refractivity contribution is 5.88. The topological polar surface area (TPSA) is 42.2 Å². The van der Waals surface area contributed by atoms with E-state index in [-0.39, 0.29) is 11.9 Å². The third kappa shape index (κ3) is 4.05. The fourth-order valence-electron chi connectivity index (χ4n) is 2.93. The van der Waals surface area contributed by atoms with E-state index in [9.17, 15) is 4.79 Å². The van der Waals surface area contributed by atoms with Gasteiger partial charge >= 0.3 is 0 Å². The highest BCUT2D eigenvalue weighted by Gasteiger charge is 2.12. The van der Waals surface area contributed by atoms with Crippen molar-refractivity contribution < 1.29 is 9.21 Å². The Morgan fingerprint density at radius 1 is 1.17 bits per heavy atom. The molecule has 1 heterocycles. The Labute approximate surface area is 142 Å². The van der Waals surface area contributed by atoms with Crippen LogP contribution in [0.15, 0.2) is 59.2 Å². The standard InChI is InChI=1S/C21H23NO2/c1-15-8-11-19-18(14-24-20(19)12-15)13-21(23)22-16(2)9-10-17-6-4-3-5-7-17/h3-8,11-12,14,16H,9-10,13H2,1-2H3,(H,22,23)/t16-/m1/s1. The van der Waals surface area contributed by atoms with Gasteiger partial charge in [-0.05, 0) is 43.9 Å². The lowest BCUT2D eigenvalue weighted by Gasteiger charge is -2.13. The Morgan fingerprint density at radius 2 is 1.96 bits per heavy atom. The molecule has 0 aliphatic rings. The number of rotatable bonds is 6. The summed E-state index contributed by atoms with van der Waals surface area (Å²) in [5.41, 5.74) is 4.24. The third-order valence-corrected chi connectivity index (χ3v) is 4.28. The molecule has 0 unspecified atom stereocenters. The number of aryl methyl sites for hydroxylation is 2. The van der Waals surface area contributed by atoms with Crippen molar-refractivity contribution in [2.45, 2.75) is 39.2 Å². The minimum absolute atomic E-state index is 0.0406. The molecule has 3 heteroatoms. The van der Waals surface area contributed by atoms with E-state index in [0.717, 1.165) is 34.9 Å². The molecule has 0 aliphatic heterocycles. The van der Waals surface area contributed by atoms with Crippen molar-refractivity contribution in [1.82, 2.24) is 5.32 Å². The van der Waals surface area contributed by atoms with Crippen molar-refractivity contribution in [2.24, 2.45) is 0 Å². The molecule has 0 fully saturated rings. The smallest absolute Gasteiger partial charge is 0.224 e.